The van der Waals surface area contributed by atoms with Gasteiger partial charge in [0.05, 0.1) is 17.1 Å². The lowest BCUT2D eigenvalue weighted by molar-refractivity contribution is -0.0287. The first-order valence-electron chi connectivity index (χ1n) is 5.63. The Hall–Kier alpha value is -0.910. The molecule has 0 aliphatic carbocycles. The van der Waals surface area contributed by atoms with Crippen LogP contribution < -0.4 is 5.32 Å². The number of morpholine rings is 1. The topological polar surface area (TPSA) is 55.4 Å². The fraction of sp³-hybridized carbons (Fsp3) is 0.500. The number of nitrogens with one attached hydrogen (secondary N) is 1. The lowest BCUT2D eigenvalue weighted by Crippen LogP contribution is -2.38. The summed E-state index contributed by atoms with van der Waals surface area (Å²) in [5.41, 5.74) is 1.01. The van der Waals surface area contributed by atoms with Crippen LogP contribution in [0.1, 0.15) is 18.6 Å². The first kappa shape index (κ1) is 12.5. The van der Waals surface area contributed by atoms with Gasteiger partial charge in [0.25, 0.3) is 0 Å². The minimum absolute atomic E-state index is 0.00682. The van der Waals surface area contributed by atoms with Crippen LogP contribution in [0, 0.1) is 0 Å². The fourth-order valence-corrected chi connectivity index (χ4v) is 2.55. The Morgan fingerprint density at radius 1 is 1.24 bits per heavy atom. The lowest BCUT2D eigenvalue weighted by atomic mass is 10.1. The Labute approximate surface area is 102 Å². The van der Waals surface area contributed by atoms with Crippen molar-refractivity contribution < 1.29 is 13.2 Å². The van der Waals surface area contributed by atoms with E-state index in [1.165, 1.54) is 6.26 Å². The highest BCUT2D eigenvalue weighted by molar-refractivity contribution is 7.90. The second-order valence-corrected chi connectivity index (χ2v) is 6.45. The molecule has 5 heteroatoms. The van der Waals surface area contributed by atoms with Crippen molar-refractivity contribution in [3.63, 3.8) is 0 Å². The molecule has 1 fully saturated rings. The number of hydrogen-bond donors (Lipinski definition) is 1. The maximum atomic E-state index is 11.3. The summed E-state index contributed by atoms with van der Waals surface area (Å²) < 4.78 is 28.4. The second-order valence-electron chi connectivity index (χ2n) is 4.43. The number of ether oxygens (including phenoxy) is 1. The second kappa shape index (κ2) is 4.76. The average Bonchev–Trinajstić information content (AvgIpc) is 2.28. The summed E-state index contributed by atoms with van der Waals surface area (Å²) >= 11 is 0. The van der Waals surface area contributed by atoms with Gasteiger partial charge in [0, 0.05) is 19.3 Å². The van der Waals surface area contributed by atoms with Crippen LogP contribution in [0.4, 0.5) is 0 Å². The third-order valence-corrected chi connectivity index (χ3v) is 3.97. The molecule has 1 saturated heterocycles. The van der Waals surface area contributed by atoms with Crippen molar-refractivity contribution in [2.45, 2.75) is 24.0 Å². The minimum atomic E-state index is -3.12. The van der Waals surface area contributed by atoms with Crippen LogP contribution >= 0.6 is 0 Å². The summed E-state index contributed by atoms with van der Waals surface area (Å²) in [5.74, 6) is 0. The molecule has 2 rings (SSSR count). The first-order valence-corrected chi connectivity index (χ1v) is 7.52. The Bertz CT molecular complexity index is 481. The van der Waals surface area contributed by atoms with Crippen molar-refractivity contribution in [3.05, 3.63) is 29.8 Å². The van der Waals surface area contributed by atoms with Crippen molar-refractivity contribution >= 4 is 9.84 Å². The van der Waals surface area contributed by atoms with Crippen LogP contribution in [0.3, 0.4) is 0 Å². The predicted octanol–water partition coefficient (Wildman–Crippen LogP) is 1.14. The molecule has 1 aliphatic heterocycles. The van der Waals surface area contributed by atoms with Crippen LogP contribution in [0.5, 0.6) is 0 Å². The van der Waals surface area contributed by atoms with Gasteiger partial charge in [-0.25, -0.2) is 8.42 Å². The number of sulfone groups is 1. The summed E-state index contributed by atoms with van der Waals surface area (Å²) in [6.07, 6.45) is 1.40. The summed E-state index contributed by atoms with van der Waals surface area (Å²) in [5, 5.41) is 3.28. The van der Waals surface area contributed by atoms with Gasteiger partial charge in [-0.05, 0) is 24.6 Å². The quantitative estimate of drug-likeness (QED) is 0.861. The molecule has 1 aromatic rings. The summed E-state index contributed by atoms with van der Waals surface area (Å²) in [7, 11) is -3.12. The largest absolute Gasteiger partial charge is 0.368 e. The van der Waals surface area contributed by atoms with E-state index in [0.717, 1.165) is 18.7 Å². The van der Waals surface area contributed by atoms with E-state index in [2.05, 4.69) is 5.32 Å². The van der Waals surface area contributed by atoms with Gasteiger partial charge in [0.2, 0.25) is 0 Å². The fourth-order valence-electron chi connectivity index (χ4n) is 1.92. The molecule has 2 atom stereocenters. The van der Waals surface area contributed by atoms with Crippen molar-refractivity contribution in [3.8, 4) is 0 Å². The van der Waals surface area contributed by atoms with E-state index in [9.17, 15) is 8.42 Å². The van der Waals surface area contributed by atoms with Gasteiger partial charge in [0.1, 0.15) is 0 Å². The molecule has 0 spiro atoms. The number of hydrogen-bond acceptors (Lipinski definition) is 4. The van der Waals surface area contributed by atoms with Crippen LogP contribution in [0.25, 0.3) is 0 Å². The first-order chi connectivity index (χ1) is 7.97. The number of benzene rings is 1. The standard InChI is InChI=1S/C12H17NO3S/c1-9-7-13-8-12(16-9)10-3-5-11(6-4-10)17(2,14)15/h3-6,9,12-13H,7-8H2,1-2H3. The Morgan fingerprint density at radius 3 is 2.41 bits per heavy atom. The molecule has 0 aromatic heterocycles. The van der Waals surface area contributed by atoms with E-state index >= 15 is 0 Å². The van der Waals surface area contributed by atoms with Crippen molar-refractivity contribution in [2.75, 3.05) is 19.3 Å². The zero-order valence-electron chi connectivity index (χ0n) is 10.0. The molecular formula is C12H17NO3S. The minimum Gasteiger partial charge on any atom is -0.368 e. The average molecular weight is 255 g/mol. The van der Waals surface area contributed by atoms with Crippen LogP contribution in [0.2, 0.25) is 0 Å². The molecule has 0 saturated carbocycles. The van der Waals surface area contributed by atoms with Gasteiger partial charge in [-0.15, -0.1) is 0 Å². The van der Waals surface area contributed by atoms with Crippen molar-refractivity contribution in [1.82, 2.24) is 5.32 Å². The molecule has 0 amide bonds. The zero-order chi connectivity index (χ0) is 12.5. The van der Waals surface area contributed by atoms with Crippen molar-refractivity contribution in [1.29, 1.82) is 0 Å². The molecule has 1 aromatic carbocycles. The molecule has 1 heterocycles. The molecule has 2 unspecified atom stereocenters. The molecule has 17 heavy (non-hydrogen) atoms. The van der Waals surface area contributed by atoms with Crippen LogP contribution in [0.15, 0.2) is 29.2 Å². The zero-order valence-corrected chi connectivity index (χ0v) is 10.8. The maximum Gasteiger partial charge on any atom is 0.175 e. The third-order valence-electron chi connectivity index (χ3n) is 2.84. The smallest absolute Gasteiger partial charge is 0.175 e. The predicted molar refractivity (Wildman–Crippen MR) is 65.7 cm³/mol. The summed E-state index contributed by atoms with van der Waals surface area (Å²) in [6.45, 7) is 3.64. The Kier molecular flexibility index (Phi) is 3.51. The van der Waals surface area contributed by atoms with E-state index in [4.69, 9.17) is 4.74 Å². The molecule has 0 radical (unpaired) electrons. The van der Waals surface area contributed by atoms with E-state index in [-0.39, 0.29) is 12.2 Å². The molecule has 94 valence electrons. The van der Waals surface area contributed by atoms with Gasteiger partial charge in [0.15, 0.2) is 9.84 Å². The lowest BCUT2D eigenvalue weighted by Gasteiger charge is -2.29. The maximum absolute atomic E-state index is 11.3. The number of rotatable bonds is 2. The highest BCUT2D eigenvalue weighted by Crippen LogP contribution is 2.22. The van der Waals surface area contributed by atoms with Gasteiger partial charge < -0.3 is 10.1 Å². The van der Waals surface area contributed by atoms with E-state index in [1.807, 2.05) is 19.1 Å². The Morgan fingerprint density at radius 2 is 1.88 bits per heavy atom. The van der Waals surface area contributed by atoms with E-state index < -0.39 is 9.84 Å². The monoisotopic (exact) mass is 255 g/mol. The van der Waals surface area contributed by atoms with E-state index in [1.54, 1.807) is 12.1 Å². The molecule has 0 bridgehead atoms. The molecular weight excluding hydrogens is 238 g/mol. The van der Waals surface area contributed by atoms with Gasteiger partial charge >= 0.3 is 0 Å². The van der Waals surface area contributed by atoms with Crippen LogP contribution in [-0.2, 0) is 14.6 Å². The molecule has 4 nitrogen and oxygen atoms in total. The van der Waals surface area contributed by atoms with Gasteiger partial charge in [-0.2, -0.15) is 0 Å². The molecule has 1 aliphatic rings. The third kappa shape index (κ3) is 3.06. The van der Waals surface area contributed by atoms with E-state index in [0.29, 0.717) is 4.90 Å². The van der Waals surface area contributed by atoms with Crippen molar-refractivity contribution in [2.24, 2.45) is 0 Å². The molecule has 1 N–H and O–H groups in total. The van der Waals surface area contributed by atoms with Gasteiger partial charge in [-0.3, -0.25) is 0 Å². The highest BCUT2D eigenvalue weighted by atomic mass is 32.2. The Balaban J connectivity index is 2.18. The summed E-state index contributed by atoms with van der Waals surface area (Å²) in [4.78, 5) is 0.345. The summed E-state index contributed by atoms with van der Waals surface area (Å²) in [6, 6.07) is 6.90. The van der Waals surface area contributed by atoms with Gasteiger partial charge in [-0.1, -0.05) is 12.1 Å². The van der Waals surface area contributed by atoms with Crippen LogP contribution in [-0.4, -0.2) is 33.9 Å². The normalized spacial score (nSPS) is 25.8. The highest BCUT2D eigenvalue weighted by Gasteiger charge is 2.20. The SMILES string of the molecule is CC1CNCC(c2ccc(S(C)(=O)=O)cc2)O1.